The summed E-state index contributed by atoms with van der Waals surface area (Å²) in [6.45, 7) is 2.69. The third-order valence-corrected chi connectivity index (χ3v) is 3.49. The third-order valence-electron chi connectivity index (χ3n) is 3.49. The van der Waals surface area contributed by atoms with Gasteiger partial charge in [-0.2, -0.15) is 0 Å². The molecule has 3 aromatic rings. The molecule has 0 saturated carbocycles. The lowest BCUT2D eigenvalue weighted by atomic mass is 10.2. The molecule has 5 nitrogen and oxygen atoms in total. The van der Waals surface area contributed by atoms with Gasteiger partial charge in [0.2, 0.25) is 5.89 Å². The van der Waals surface area contributed by atoms with E-state index in [0.29, 0.717) is 31.9 Å². The van der Waals surface area contributed by atoms with E-state index in [4.69, 9.17) is 13.9 Å². The summed E-state index contributed by atoms with van der Waals surface area (Å²) in [5.41, 5.74) is 2.50. The van der Waals surface area contributed by atoms with Crippen molar-refractivity contribution >= 4 is 17.1 Å². The molecule has 0 fully saturated rings. The van der Waals surface area contributed by atoms with Gasteiger partial charge in [-0.3, -0.25) is 4.79 Å². The number of para-hydroxylation sites is 2. The number of fused-ring (bicyclic) bond motifs is 1. The molecule has 0 unspecified atom stereocenters. The van der Waals surface area contributed by atoms with Crippen molar-refractivity contribution in [1.29, 1.82) is 0 Å². The summed E-state index contributed by atoms with van der Waals surface area (Å²) in [7, 11) is 0. The minimum absolute atomic E-state index is 0.188. The van der Waals surface area contributed by atoms with Crippen LogP contribution in [0, 0.1) is 0 Å². The van der Waals surface area contributed by atoms with Crippen molar-refractivity contribution < 1.29 is 18.7 Å². The molecule has 124 valence electrons. The zero-order chi connectivity index (χ0) is 16.8. The van der Waals surface area contributed by atoms with Crippen LogP contribution in [-0.4, -0.2) is 24.2 Å². The van der Waals surface area contributed by atoms with Crippen molar-refractivity contribution in [2.45, 2.75) is 19.8 Å². The summed E-state index contributed by atoms with van der Waals surface area (Å²) in [6, 6.07) is 15.2. The minimum Gasteiger partial charge on any atom is -0.494 e. The van der Waals surface area contributed by atoms with E-state index in [1.54, 1.807) is 6.92 Å². The van der Waals surface area contributed by atoms with Gasteiger partial charge in [-0.15, -0.1) is 0 Å². The predicted octanol–water partition coefficient (Wildman–Crippen LogP) is 4.22. The average Bonchev–Trinajstić information content (AvgIpc) is 3.04. The molecule has 3 rings (SSSR count). The monoisotopic (exact) mass is 325 g/mol. The smallest absolute Gasteiger partial charge is 0.305 e. The molecule has 0 N–H and O–H groups in total. The van der Waals surface area contributed by atoms with Gasteiger partial charge in [0.25, 0.3) is 0 Å². The molecule has 0 radical (unpaired) electrons. The number of carbonyl (C=O) groups is 1. The maximum atomic E-state index is 11.2. The second-order valence-corrected chi connectivity index (χ2v) is 5.27. The zero-order valence-corrected chi connectivity index (χ0v) is 13.5. The van der Waals surface area contributed by atoms with E-state index < -0.39 is 0 Å². The number of esters is 1. The fourth-order valence-electron chi connectivity index (χ4n) is 2.33. The van der Waals surface area contributed by atoms with Crippen LogP contribution in [0.4, 0.5) is 0 Å². The summed E-state index contributed by atoms with van der Waals surface area (Å²) >= 11 is 0. The van der Waals surface area contributed by atoms with Crippen molar-refractivity contribution in [2.24, 2.45) is 0 Å². The quantitative estimate of drug-likeness (QED) is 0.481. The van der Waals surface area contributed by atoms with Gasteiger partial charge in [0, 0.05) is 12.0 Å². The predicted molar refractivity (Wildman–Crippen MR) is 90.8 cm³/mol. The lowest BCUT2D eigenvalue weighted by Gasteiger charge is -2.06. The molecule has 0 aliphatic rings. The molecule has 0 spiro atoms. The molecule has 0 aliphatic carbocycles. The summed E-state index contributed by atoms with van der Waals surface area (Å²) < 4.78 is 16.2. The van der Waals surface area contributed by atoms with Crippen LogP contribution in [0.5, 0.6) is 5.75 Å². The van der Waals surface area contributed by atoms with E-state index in [-0.39, 0.29) is 5.97 Å². The molecule has 2 aromatic carbocycles. The Balaban J connectivity index is 1.56. The number of aromatic nitrogens is 1. The van der Waals surface area contributed by atoms with E-state index in [9.17, 15) is 4.79 Å². The molecular weight excluding hydrogens is 306 g/mol. The first-order valence-electron chi connectivity index (χ1n) is 8.00. The molecule has 5 heteroatoms. The fraction of sp³-hybridized carbons (Fsp3) is 0.263. The molecule has 0 amide bonds. The number of carbonyl (C=O) groups excluding carboxylic acids is 1. The average molecular weight is 325 g/mol. The van der Waals surface area contributed by atoms with Crippen molar-refractivity contribution in [2.75, 3.05) is 13.2 Å². The SMILES string of the molecule is CCOC(=O)CCCOc1ccc(-c2nc3ccccc3o2)cc1. The summed E-state index contributed by atoms with van der Waals surface area (Å²) in [5, 5.41) is 0. The van der Waals surface area contributed by atoms with E-state index in [1.165, 1.54) is 0 Å². The topological polar surface area (TPSA) is 61.6 Å². The molecule has 0 aliphatic heterocycles. The summed E-state index contributed by atoms with van der Waals surface area (Å²) in [6.07, 6.45) is 1.00. The molecule has 0 atom stereocenters. The maximum Gasteiger partial charge on any atom is 0.305 e. The maximum absolute atomic E-state index is 11.2. The van der Waals surface area contributed by atoms with Crippen molar-refractivity contribution in [3.8, 4) is 17.2 Å². The number of benzene rings is 2. The molecule has 24 heavy (non-hydrogen) atoms. The number of oxazole rings is 1. The highest BCUT2D eigenvalue weighted by Crippen LogP contribution is 2.25. The Labute approximate surface area is 140 Å². The Morgan fingerprint density at radius 3 is 2.67 bits per heavy atom. The lowest BCUT2D eigenvalue weighted by Crippen LogP contribution is -2.06. The van der Waals surface area contributed by atoms with E-state index in [0.717, 1.165) is 22.4 Å². The Morgan fingerprint density at radius 1 is 1.12 bits per heavy atom. The largest absolute Gasteiger partial charge is 0.494 e. The molecule has 1 heterocycles. The standard InChI is InChI=1S/C19H19NO4/c1-2-22-18(21)8-5-13-23-15-11-9-14(10-12-15)19-20-16-6-3-4-7-17(16)24-19/h3-4,6-7,9-12H,2,5,8,13H2,1H3. The highest BCUT2D eigenvalue weighted by Gasteiger charge is 2.08. The highest BCUT2D eigenvalue weighted by molar-refractivity contribution is 5.76. The van der Waals surface area contributed by atoms with Gasteiger partial charge in [0.1, 0.15) is 11.3 Å². The summed E-state index contributed by atoms with van der Waals surface area (Å²) in [4.78, 5) is 15.7. The minimum atomic E-state index is -0.188. The molecule has 1 aromatic heterocycles. The number of rotatable bonds is 7. The van der Waals surface area contributed by atoms with Crippen LogP contribution in [0.1, 0.15) is 19.8 Å². The van der Waals surface area contributed by atoms with E-state index in [2.05, 4.69) is 4.98 Å². The van der Waals surface area contributed by atoms with Gasteiger partial charge in [0.05, 0.1) is 13.2 Å². The number of nitrogens with zero attached hydrogens (tertiary/aromatic N) is 1. The summed E-state index contributed by atoms with van der Waals surface area (Å²) in [5.74, 6) is 1.15. The van der Waals surface area contributed by atoms with Crippen LogP contribution in [0.15, 0.2) is 52.9 Å². The van der Waals surface area contributed by atoms with Crippen molar-refractivity contribution in [3.05, 3.63) is 48.5 Å². The van der Waals surface area contributed by atoms with Gasteiger partial charge >= 0.3 is 5.97 Å². The normalized spacial score (nSPS) is 10.7. The van der Waals surface area contributed by atoms with Crippen LogP contribution < -0.4 is 4.74 Å². The van der Waals surface area contributed by atoms with Gasteiger partial charge in [-0.05, 0) is 49.7 Å². The molecule has 0 bridgehead atoms. The number of hydrogen-bond donors (Lipinski definition) is 0. The fourth-order valence-corrected chi connectivity index (χ4v) is 2.33. The van der Waals surface area contributed by atoms with Crippen LogP contribution in [0.3, 0.4) is 0 Å². The number of ether oxygens (including phenoxy) is 2. The highest BCUT2D eigenvalue weighted by atomic mass is 16.5. The first-order chi connectivity index (χ1) is 11.8. The van der Waals surface area contributed by atoms with Gasteiger partial charge in [-0.25, -0.2) is 4.98 Å². The Bertz CT molecular complexity index is 775. The van der Waals surface area contributed by atoms with Gasteiger partial charge in [0.15, 0.2) is 5.58 Å². The van der Waals surface area contributed by atoms with E-state index in [1.807, 2.05) is 48.5 Å². The zero-order valence-electron chi connectivity index (χ0n) is 13.5. The van der Waals surface area contributed by atoms with Crippen LogP contribution >= 0.6 is 0 Å². The Morgan fingerprint density at radius 2 is 1.92 bits per heavy atom. The molecular formula is C19H19NO4. The lowest BCUT2D eigenvalue weighted by molar-refractivity contribution is -0.143. The van der Waals surface area contributed by atoms with Crippen LogP contribution in [0.25, 0.3) is 22.6 Å². The van der Waals surface area contributed by atoms with Crippen LogP contribution in [-0.2, 0) is 9.53 Å². The van der Waals surface area contributed by atoms with E-state index >= 15 is 0 Å². The van der Waals surface area contributed by atoms with Crippen molar-refractivity contribution in [3.63, 3.8) is 0 Å². The first-order valence-corrected chi connectivity index (χ1v) is 8.00. The van der Waals surface area contributed by atoms with Crippen molar-refractivity contribution in [1.82, 2.24) is 4.98 Å². The van der Waals surface area contributed by atoms with Gasteiger partial charge < -0.3 is 13.9 Å². The second-order valence-electron chi connectivity index (χ2n) is 5.27. The van der Waals surface area contributed by atoms with Crippen LogP contribution in [0.2, 0.25) is 0 Å². The number of hydrogen-bond acceptors (Lipinski definition) is 5. The third kappa shape index (κ3) is 3.93. The first kappa shape index (κ1) is 16.1. The second kappa shape index (κ2) is 7.64. The molecule has 0 saturated heterocycles. The Hall–Kier alpha value is -2.82. The Kier molecular flexibility index (Phi) is 5.11. The van der Waals surface area contributed by atoms with Gasteiger partial charge in [-0.1, -0.05) is 12.1 Å².